The van der Waals surface area contributed by atoms with Gasteiger partial charge in [0.15, 0.2) is 5.38 Å². The van der Waals surface area contributed by atoms with Gasteiger partial charge < -0.3 is 0 Å². The van der Waals surface area contributed by atoms with Crippen LogP contribution in [0.15, 0.2) is 35.7 Å². The zero-order chi connectivity index (χ0) is 7.68. The number of benzene rings is 1. The van der Waals surface area contributed by atoms with Crippen LogP contribution in [0.3, 0.4) is 0 Å². The summed E-state index contributed by atoms with van der Waals surface area (Å²) in [5.74, 6) is 0. The van der Waals surface area contributed by atoms with Crippen LogP contribution in [0.25, 0.3) is 10.1 Å². The highest BCUT2D eigenvalue weighted by atomic mass is 32.1. The second kappa shape index (κ2) is 2.59. The quantitative estimate of drug-likeness (QED) is 0.519. The van der Waals surface area contributed by atoms with Crippen LogP contribution in [0.4, 0.5) is 0 Å². The largest absolute Gasteiger partial charge is 0.237 e. The van der Waals surface area contributed by atoms with Crippen molar-refractivity contribution in [1.82, 2.24) is 0 Å². The van der Waals surface area contributed by atoms with E-state index in [2.05, 4.69) is 42.6 Å². The molecule has 0 atom stereocenters. The van der Waals surface area contributed by atoms with Crippen LogP contribution in [-0.4, -0.2) is 0 Å². The molecule has 0 amide bonds. The number of rotatable bonds is 0. The fourth-order valence-corrected chi connectivity index (χ4v) is 1.94. The molecule has 54 valence electrons. The first-order chi connectivity index (χ1) is 5.36. The molecule has 0 nitrogen and oxygen atoms in total. The van der Waals surface area contributed by atoms with Gasteiger partial charge in [-0.25, -0.2) is 0 Å². The molecule has 0 saturated heterocycles. The lowest BCUT2D eigenvalue weighted by molar-refractivity contribution is 1.55. The van der Waals surface area contributed by atoms with E-state index in [1.807, 2.05) is 0 Å². The van der Waals surface area contributed by atoms with E-state index >= 15 is 0 Å². The van der Waals surface area contributed by atoms with E-state index in [1.165, 1.54) is 15.6 Å². The maximum atomic E-state index is 2.21. The van der Waals surface area contributed by atoms with Crippen LogP contribution >= 0.6 is 11.3 Å². The van der Waals surface area contributed by atoms with Crippen LogP contribution < -0.4 is 0 Å². The third-order valence-corrected chi connectivity index (χ3v) is 2.79. The Morgan fingerprint density at radius 3 is 2.91 bits per heavy atom. The molecule has 0 unspecified atom stereocenters. The Hall–Kier alpha value is -0.950. The second-order valence-electron chi connectivity index (χ2n) is 2.66. The summed E-state index contributed by atoms with van der Waals surface area (Å²) in [6.07, 6.45) is 0. The van der Waals surface area contributed by atoms with E-state index in [-0.39, 0.29) is 0 Å². The molecule has 0 fully saturated rings. The highest BCUT2D eigenvalue weighted by Crippen LogP contribution is 2.19. The maximum Gasteiger partial charge on any atom is 0.237 e. The van der Waals surface area contributed by atoms with Gasteiger partial charge in [-0.2, -0.15) is 0 Å². The SMILES string of the molecule is Cc1c[s+]c2ccccc2c1. The molecule has 2 aromatic rings. The number of hydrogen-bond donors (Lipinski definition) is 0. The van der Waals surface area contributed by atoms with E-state index in [0.717, 1.165) is 0 Å². The van der Waals surface area contributed by atoms with Gasteiger partial charge in [0.1, 0.15) is 0 Å². The molecular formula is C10H9S+. The van der Waals surface area contributed by atoms with E-state index < -0.39 is 0 Å². The topological polar surface area (TPSA) is 0 Å². The smallest absolute Gasteiger partial charge is 0.0613 e. The zero-order valence-corrected chi connectivity index (χ0v) is 7.19. The van der Waals surface area contributed by atoms with Crippen LogP contribution in [0.1, 0.15) is 5.56 Å². The van der Waals surface area contributed by atoms with Crippen molar-refractivity contribution < 1.29 is 0 Å². The maximum absolute atomic E-state index is 2.21. The van der Waals surface area contributed by atoms with Gasteiger partial charge in [-0.3, -0.25) is 0 Å². The second-order valence-corrected chi connectivity index (χ2v) is 3.57. The van der Waals surface area contributed by atoms with Gasteiger partial charge in [0.05, 0.1) is 0 Å². The number of aryl methyl sites for hydroxylation is 1. The predicted octanol–water partition coefficient (Wildman–Crippen LogP) is 3.49. The average molecular weight is 161 g/mol. The van der Waals surface area contributed by atoms with Gasteiger partial charge in [-0.1, -0.05) is 12.1 Å². The van der Waals surface area contributed by atoms with Crippen LogP contribution in [0, 0.1) is 6.92 Å². The summed E-state index contributed by atoms with van der Waals surface area (Å²) in [5, 5.41) is 3.53. The van der Waals surface area contributed by atoms with Gasteiger partial charge in [0, 0.05) is 17.0 Å². The van der Waals surface area contributed by atoms with Crippen molar-refractivity contribution in [1.29, 1.82) is 0 Å². The van der Waals surface area contributed by atoms with Crippen molar-refractivity contribution in [2.24, 2.45) is 0 Å². The van der Waals surface area contributed by atoms with E-state index in [9.17, 15) is 0 Å². The summed E-state index contributed by atoms with van der Waals surface area (Å²) in [4.78, 5) is 0. The Kier molecular flexibility index (Phi) is 1.59. The van der Waals surface area contributed by atoms with Gasteiger partial charge >= 0.3 is 0 Å². The molecule has 0 saturated carbocycles. The predicted molar refractivity (Wildman–Crippen MR) is 51.0 cm³/mol. The van der Waals surface area contributed by atoms with Crippen molar-refractivity contribution in [3.63, 3.8) is 0 Å². The minimum atomic E-state index is 1.34. The summed E-state index contributed by atoms with van der Waals surface area (Å²) in [5.41, 5.74) is 1.34. The Morgan fingerprint density at radius 1 is 1.18 bits per heavy atom. The van der Waals surface area contributed by atoms with Gasteiger partial charge in [0.2, 0.25) is 16.0 Å². The summed E-state index contributed by atoms with van der Waals surface area (Å²) in [6.45, 7) is 2.13. The third kappa shape index (κ3) is 1.24. The van der Waals surface area contributed by atoms with Gasteiger partial charge in [-0.05, 0) is 19.1 Å². The van der Waals surface area contributed by atoms with Crippen molar-refractivity contribution in [3.8, 4) is 0 Å². The molecule has 2 rings (SSSR count). The molecule has 0 aliphatic carbocycles. The highest BCUT2D eigenvalue weighted by Gasteiger charge is 2.01. The zero-order valence-electron chi connectivity index (χ0n) is 6.37. The van der Waals surface area contributed by atoms with E-state index in [4.69, 9.17) is 0 Å². The monoisotopic (exact) mass is 161 g/mol. The summed E-state index contributed by atoms with van der Waals surface area (Å²) in [6, 6.07) is 10.7. The molecule has 0 bridgehead atoms. The molecule has 1 aromatic heterocycles. The Balaban J connectivity index is 2.83. The van der Waals surface area contributed by atoms with Gasteiger partial charge in [0.25, 0.3) is 0 Å². The average Bonchev–Trinajstić information content (AvgIpc) is 2.04. The standard InChI is InChI=1S/C10H9S/c1-8-6-9-4-2-3-5-10(9)11-7-8/h2-7H,1H3/q+1. The molecule has 11 heavy (non-hydrogen) atoms. The normalized spacial score (nSPS) is 10.3. The molecule has 0 aliphatic rings. The third-order valence-electron chi connectivity index (χ3n) is 1.67. The van der Waals surface area contributed by atoms with Crippen molar-refractivity contribution in [2.75, 3.05) is 0 Å². The Labute approximate surface area is 70.1 Å². The summed E-state index contributed by atoms with van der Waals surface area (Å²) in [7, 11) is 0. The first-order valence-electron chi connectivity index (χ1n) is 3.63. The van der Waals surface area contributed by atoms with E-state index in [0.29, 0.717) is 0 Å². The number of hydrogen-bond acceptors (Lipinski definition) is 0. The van der Waals surface area contributed by atoms with E-state index in [1.54, 1.807) is 11.3 Å². The lowest BCUT2D eigenvalue weighted by Crippen LogP contribution is -1.69. The highest BCUT2D eigenvalue weighted by molar-refractivity contribution is 7.16. The van der Waals surface area contributed by atoms with Gasteiger partial charge in [-0.15, -0.1) is 0 Å². The molecular weight excluding hydrogens is 152 g/mol. The lowest BCUT2D eigenvalue weighted by atomic mass is 10.2. The van der Waals surface area contributed by atoms with Crippen molar-refractivity contribution in [2.45, 2.75) is 6.92 Å². The lowest BCUT2D eigenvalue weighted by Gasteiger charge is -1.87. The fraction of sp³-hybridized carbons (Fsp3) is 0.100. The summed E-state index contributed by atoms with van der Waals surface area (Å²) >= 11 is 1.80. The Morgan fingerprint density at radius 2 is 2.00 bits per heavy atom. The van der Waals surface area contributed by atoms with Crippen LogP contribution in [0.2, 0.25) is 0 Å². The molecule has 1 aromatic carbocycles. The Bertz CT molecular complexity index is 379. The van der Waals surface area contributed by atoms with Crippen LogP contribution in [0.5, 0.6) is 0 Å². The fourth-order valence-electron chi connectivity index (χ4n) is 1.14. The molecule has 0 spiro atoms. The number of fused-ring (bicyclic) bond motifs is 1. The molecule has 0 aliphatic heterocycles. The first-order valence-corrected chi connectivity index (χ1v) is 4.51. The van der Waals surface area contributed by atoms with Crippen LogP contribution in [-0.2, 0) is 0 Å². The molecule has 0 N–H and O–H groups in total. The van der Waals surface area contributed by atoms with Crippen molar-refractivity contribution in [3.05, 3.63) is 41.3 Å². The first kappa shape index (κ1) is 6.74. The minimum absolute atomic E-state index is 1.34. The molecule has 1 heterocycles. The van der Waals surface area contributed by atoms with Crippen molar-refractivity contribution >= 4 is 21.4 Å². The summed E-state index contributed by atoms with van der Waals surface area (Å²) < 4.78 is 1.36. The molecule has 1 heteroatoms. The minimum Gasteiger partial charge on any atom is -0.0613 e. The molecule has 0 radical (unpaired) electrons.